The van der Waals surface area contributed by atoms with Crippen molar-refractivity contribution in [3.63, 3.8) is 0 Å². The van der Waals surface area contributed by atoms with E-state index in [1.807, 2.05) is 30.3 Å². The van der Waals surface area contributed by atoms with Crippen LogP contribution in [-0.4, -0.2) is 18.4 Å². The summed E-state index contributed by atoms with van der Waals surface area (Å²) >= 11 is 0. The van der Waals surface area contributed by atoms with Gasteiger partial charge in [0.1, 0.15) is 0 Å². The molecule has 0 aliphatic rings. The fourth-order valence-corrected chi connectivity index (χ4v) is 3.07. The van der Waals surface area contributed by atoms with E-state index in [0.29, 0.717) is 6.54 Å². The Bertz CT molecular complexity index is 741. The summed E-state index contributed by atoms with van der Waals surface area (Å²) in [5, 5.41) is 5.82. The van der Waals surface area contributed by atoms with Crippen molar-refractivity contribution >= 4 is 11.8 Å². The quantitative estimate of drug-likeness (QED) is 0.713. The molecule has 0 aliphatic heterocycles. The van der Waals surface area contributed by atoms with Crippen LogP contribution in [0, 0.1) is 13.8 Å². The van der Waals surface area contributed by atoms with Crippen molar-refractivity contribution < 1.29 is 9.59 Å². The summed E-state index contributed by atoms with van der Waals surface area (Å²) in [5.74, 6) is -0.185. The molecule has 2 aromatic carbocycles. The number of aryl methyl sites for hydroxylation is 3. The van der Waals surface area contributed by atoms with Crippen molar-refractivity contribution in [1.29, 1.82) is 0 Å². The van der Waals surface area contributed by atoms with E-state index in [4.69, 9.17) is 0 Å². The first-order chi connectivity index (χ1) is 12.5. The number of rotatable bonds is 8. The molecule has 4 heteroatoms. The average molecular weight is 352 g/mol. The Balaban J connectivity index is 1.81. The van der Waals surface area contributed by atoms with Gasteiger partial charge in [-0.15, -0.1) is 0 Å². The third-order valence-electron chi connectivity index (χ3n) is 4.41. The van der Waals surface area contributed by atoms with Gasteiger partial charge in [0.05, 0.1) is 12.5 Å². The fourth-order valence-electron chi connectivity index (χ4n) is 3.07. The minimum absolute atomic E-state index is 0.0479. The molecule has 0 heterocycles. The first-order valence-corrected chi connectivity index (χ1v) is 9.10. The van der Waals surface area contributed by atoms with Crippen LogP contribution in [0.5, 0.6) is 0 Å². The zero-order valence-corrected chi connectivity index (χ0v) is 15.8. The third kappa shape index (κ3) is 6.36. The van der Waals surface area contributed by atoms with Gasteiger partial charge in [-0.25, -0.2) is 0 Å². The van der Waals surface area contributed by atoms with Gasteiger partial charge in [0, 0.05) is 13.5 Å². The van der Waals surface area contributed by atoms with Crippen LogP contribution >= 0.6 is 0 Å². The van der Waals surface area contributed by atoms with Crippen LogP contribution in [-0.2, 0) is 16.0 Å². The van der Waals surface area contributed by atoms with Crippen LogP contribution in [0.2, 0.25) is 0 Å². The molecule has 0 saturated heterocycles. The number of nitrogens with one attached hydrogen (secondary N) is 2. The minimum Gasteiger partial charge on any atom is -0.356 e. The van der Waals surface area contributed by atoms with Gasteiger partial charge in [-0.2, -0.15) is 0 Å². The molecule has 2 rings (SSSR count). The lowest BCUT2D eigenvalue weighted by Gasteiger charge is -2.18. The summed E-state index contributed by atoms with van der Waals surface area (Å²) in [7, 11) is 0. The van der Waals surface area contributed by atoms with Crippen molar-refractivity contribution in [2.75, 3.05) is 6.54 Å². The van der Waals surface area contributed by atoms with Gasteiger partial charge in [-0.1, -0.05) is 54.1 Å². The number of hydrogen-bond donors (Lipinski definition) is 2. The summed E-state index contributed by atoms with van der Waals surface area (Å²) in [6.07, 6.45) is 2.08. The second-order valence-electron chi connectivity index (χ2n) is 6.75. The largest absolute Gasteiger partial charge is 0.356 e. The van der Waals surface area contributed by atoms with Gasteiger partial charge in [0.2, 0.25) is 11.8 Å². The molecule has 0 aromatic heterocycles. The normalized spacial score (nSPS) is 11.7. The number of carbonyl (C=O) groups excluding carboxylic acids is 2. The molecule has 0 aliphatic carbocycles. The number of hydrogen-bond acceptors (Lipinski definition) is 2. The van der Waals surface area contributed by atoms with Gasteiger partial charge in [-0.05, 0) is 43.4 Å². The summed E-state index contributed by atoms with van der Waals surface area (Å²) in [4.78, 5) is 23.7. The van der Waals surface area contributed by atoms with E-state index in [-0.39, 0.29) is 24.3 Å². The first-order valence-electron chi connectivity index (χ1n) is 9.10. The number of carbonyl (C=O) groups is 2. The van der Waals surface area contributed by atoms with Crippen molar-refractivity contribution in [2.45, 2.75) is 46.1 Å². The van der Waals surface area contributed by atoms with Gasteiger partial charge >= 0.3 is 0 Å². The number of benzene rings is 2. The van der Waals surface area contributed by atoms with E-state index in [1.165, 1.54) is 23.6 Å². The van der Waals surface area contributed by atoms with Crippen LogP contribution in [0.15, 0.2) is 48.5 Å². The highest BCUT2D eigenvalue weighted by Crippen LogP contribution is 2.16. The molecular formula is C22H28N2O2. The Hall–Kier alpha value is -2.62. The molecule has 138 valence electrons. The molecule has 2 N–H and O–H groups in total. The van der Waals surface area contributed by atoms with E-state index in [9.17, 15) is 9.59 Å². The predicted molar refractivity (Wildman–Crippen MR) is 105 cm³/mol. The summed E-state index contributed by atoms with van der Waals surface area (Å²) in [6, 6.07) is 15.8. The van der Waals surface area contributed by atoms with Gasteiger partial charge in [0.25, 0.3) is 0 Å². The molecule has 0 fully saturated rings. The highest BCUT2D eigenvalue weighted by atomic mass is 16.2. The lowest BCUT2D eigenvalue weighted by atomic mass is 10.0. The van der Waals surface area contributed by atoms with E-state index < -0.39 is 0 Å². The maximum atomic E-state index is 12.3. The smallest absolute Gasteiger partial charge is 0.222 e. The third-order valence-corrected chi connectivity index (χ3v) is 4.41. The molecule has 4 nitrogen and oxygen atoms in total. The molecule has 0 unspecified atom stereocenters. The zero-order chi connectivity index (χ0) is 18.9. The van der Waals surface area contributed by atoms with E-state index in [0.717, 1.165) is 18.4 Å². The molecule has 0 bridgehead atoms. The first kappa shape index (κ1) is 19.7. The Kier molecular flexibility index (Phi) is 7.39. The summed E-state index contributed by atoms with van der Waals surface area (Å²) in [6.45, 7) is 6.32. The van der Waals surface area contributed by atoms with Gasteiger partial charge < -0.3 is 10.6 Å². The van der Waals surface area contributed by atoms with Crippen molar-refractivity contribution in [3.05, 3.63) is 70.8 Å². The second-order valence-corrected chi connectivity index (χ2v) is 6.75. The molecule has 1 atom stereocenters. The minimum atomic E-state index is -0.298. The van der Waals surface area contributed by atoms with Crippen LogP contribution in [0.1, 0.15) is 48.1 Å². The van der Waals surface area contributed by atoms with Gasteiger partial charge in [0.15, 0.2) is 0 Å². The molecule has 0 saturated carbocycles. The molecule has 26 heavy (non-hydrogen) atoms. The zero-order valence-electron chi connectivity index (χ0n) is 15.8. The van der Waals surface area contributed by atoms with Crippen molar-refractivity contribution in [2.24, 2.45) is 0 Å². The fraction of sp³-hybridized carbons (Fsp3) is 0.364. The molecule has 0 spiro atoms. The molecule has 2 amide bonds. The Morgan fingerprint density at radius 2 is 1.77 bits per heavy atom. The Labute approximate surface area is 156 Å². The van der Waals surface area contributed by atoms with Crippen LogP contribution in [0.4, 0.5) is 0 Å². The monoisotopic (exact) mass is 352 g/mol. The Morgan fingerprint density at radius 1 is 1.04 bits per heavy atom. The SMILES string of the molecule is CC(=O)N[C@H](CC(=O)NCCCc1ccc(C)cc1C)c1ccccc1. The van der Waals surface area contributed by atoms with E-state index in [2.05, 4.69) is 42.7 Å². The topological polar surface area (TPSA) is 58.2 Å². The Morgan fingerprint density at radius 3 is 2.42 bits per heavy atom. The molecular weight excluding hydrogens is 324 g/mol. The van der Waals surface area contributed by atoms with Crippen molar-refractivity contribution in [1.82, 2.24) is 10.6 Å². The summed E-state index contributed by atoms with van der Waals surface area (Å²) in [5.41, 5.74) is 4.83. The van der Waals surface area contributed by atoms with Crippen LogP contribution < -0.4 is 10.6 Å². The highest BCUT2D eigenvalue weighted by molar-refractivity contribution is 5.79. The maximum Gasteiger partial charge on any atom is 0.222 e. The second kappa shape index (κ2) is 9.76. The standard InChI is InChI=1S/C22H28N2O2/c1-16-11-12-19(17(2)14-16)10-7-13-23-22(26)15-21(24-18(3)25)20-8-5-4-6-9-20/h4-6,8-9,11-12,14,21H,7,10,13,15H2,1-3H3,(H,23,26)(H,24,25)/t21-/m1/s1. The number of amides is 2. The van der Waals surface area contributed by atoms with E-state index >= 15 is 0 Å². The summed E-state index contributed by atoms with van der Waals surface area (Å²) < 4.78 is 0. The average Bonchev–Trinajstić information content (AvgIpc) is 2.60. The van der Waals surface area contributed by atoms with Crippen molar-refractivity contribution in [3.8, 4) is 0 Å². The van der Waals surface area contributed by atoms with E-state index in [1.54, 1.807) is 0 Å². The lowest BCUT2D eigenvalue weighted by Crippen LogP contribution is -2.33. The maximum absolute atomic E-state index is 12.3. The van der Waals surface area contributed by atoms with Crippen LogP contribution in [0.3, 0.4) is 0 Å². The lowest BCUT2D eigenvalue weighted by molar-refractivity contribution is -0.122. The van der Waals surface area contributed by atoms with Crippen LogP contribution in [0.25, 0.3) is 0 Å². The molecule has 2 aromatic rings. The van der Waals surface area contributed by atoms with Gasteiger partial charge in [-0.3, -0.25) is 9.59 Å². The predicted octanol–water partition coefficient (Wildman–Crippen LogP) is 3.62. The highest BCUT2D eigenvalue weighted by Gasteiger charge is 2.16. The molecule has 0 radical (unpaired) electrons.